The minimum absolute atomic E-state index is 0.0224. The van der Waals surface area contributed by atoms with Crippen molar-refractivity contribution in [2.75, 3.05) is 33.2 Å². The van der Waals surface area contributed by atoms with E-state index in [1.807, 2.05) is 11.8 Å². The molecule has 0 aliphatic carbocycles. The fourth-order valence-electron chi connectivity index (χ4n) is 1.98. The third-order valence-corrected chi connectivity index (χ3v) is 3.75. The van der Waals surface area contributed by atoms with Crippen LogP contribution < -0.4 is 5.32 Å². The lowest BCUT2D eigenvalue weighted by atomic mass is 10.3. The van der Waals surface area contributed by atoms with Gasteiger partial charge in [0.15, 0.2) is 0 Å². The van der Waals surface area contributed by atoms with Crippen molar-refractivity contribution < 1.29 is 4.79 Å². The number of nitrogens with one attached hydrogen (secondary N) is 1. The zero-order valence-electron chi connectivity index (χ0n) is 10.3. The van der Waals surface area contributed by atoms with Crippen molar-refractivity contribution in [1.29, 1.82) is 0 Å². The fourth-order valence-corrected chi connectivity index (χ4v) is 2.58. The highest BCUT2D eigenvalue weighted by molar-refractivity contribution is 7.09. The number of hydrogen-bond acceptors (Lipinski definition) is 4. The Kier molecular flexibility index (Phi) is 3.96. The molecule has 0 spiro atoms. The van der Waals surface area contributed by atoms with Gasteiger partial charge in [0.2, 0.25) is 0 Å². The molecule has 5 nitrogen and oxygen atoms in total. The molecule has 1 saturated heterocycles. The molecule has 0 aromatic carbocycles. The Morgan fingerprint density at radius 3 is 2.71 bits per heavy atom. The summed E-state index contributed by atoms with van der Waals surface area (Å²) in [5.74, 6) is 0. The molecule has 1 aliphatic heterocycles. The summed E-state index contributed by atoms with van der Waals surface area (Å²) >= 11 is 1.69. The predicted octanol–water partition coefficient (Wildman–Crippen LogP) is 0.909. The van der Waals surface area contributed by atoms with Crippen molar-refractivity contribution in [3.63, 3.8) is 0 Å². The van der Waals surface area contributed by atoms with E-state index in [0.717, 1.165) is 43.4 Å². The topological polar surface area (TPSA) is 48.5 Å². The number of aromatic nitrogens is 1. The first kappa shape index (κ1) is 12.3. The van der Waals surface area contributed by atoms with Crippen LogP contribution in [0.5, 0.6) is 0 Å². The van der Waals surface area contributed by atoms with E-state index in [-0.39, 0.29) is 6.03 Å². The van der Waals surface area contributed by atoms with Gasteiger partial charge < -0.3 is 10.2 Å². The van der Waals surface area contributed by atoms with E-state index in [1.165, 1.54) is 0 Å². The maximum absolute atomic E-state index is 11.4. The molecule has 0 radical (unpaired) electrons. The molecule has 1 aliphatic rings. The number of rotatable bonds is 2. The summed E-state index contributed by atoms with van der Waals surface area (Å²) in [4.78, 5) is 20.1. The summed E-state index contributed by atoms with van der Waals surface area (Å²) < 4.78 is 0. The van der Waals surface area contributed by atoms with Crippen LogP contribution in [-0.2, 0) is 6.54 Å². The van der Waals surface area contributed by atoms with Crippen LogP contribution in [-0.4, -0.2) is 54.0 Å². The van der Waals surface area contributed by atoms with Gasteiger partial charge in [-0.3, -0.25) is 4.90 Å². The first-order valence-corrected chi connectivity index (χ1v) is 6.67. The Morgan fingerprint density at radius 2 is 2.18 bits per heavy atom. The van der Waals surface area contributed by atoms with Crippen molar-refractivity contribution >= 4 is 17.4 Å². The number of urea groups is 1. The number of carbonyl (C=O) groups is 1. The molecule has 0 atom stereocenters. The molecule has 1 aromatic heterocycles. The van der Waals surface area contributed by atoms with Gasteiger partial charge in [0.05, 0.1) is 10.7 Å². The zero-order valence-corrected chi connectivity index (χ0v) is 11.1. The monoisotopic (exact) mass is 254 g/mol. The largest absolute Gasteiger partial charge is 0.341 e. The van der Waals surface area contributed by atoms with Gasteiger partial charge in [-0.15, -0.1) is 11.3 Å². The molecule has 1 fully saturated rings. The SMILES string of the molecule is CNC(=O)N1CCN(Cc2csc(C)n2)CC1. The van der Waals surface area contributed by atoms with Gasteiger partial charge in [0.1, 0.15) is 0 Å². The number of aryl methyl sites for hydroxylation is 1. The van der Waals surface area contributed by atoms with Crippen molar-refractivity contribution in [2.45, 2.75) is 13.5 Å². The van der Waals surface area contributed by atoms with Gasteiger partial charge in [0, 0.05) is 45.2 Å². The third-order valence-electron chi connectivity index (χ3n) is 2.93. The van der Waals surface area contributed by atoms with Gasteiger partial charge in [-0.25, -0.2) is 9.78 Å². The van der Waals surface area contributed by atoms with Crippen LogP contribution in [0, 0.1) is 6.92 Å². The van der Waals surface area contributed by atoms with Gasteiger partial charge in [-0.1, -0.05) is 0 Å². The highest BCUT2D eigenvalue weighted by Crippen LogP contribution is 2.12. The fraction of sp³-hybridized carbons (Fsp3) is 0.636. The van der Waals surface area contributed by atoms with E-state index in [0.29, 0.717) is 0 Å². The first-order chi connectivity index (χ1) is 8.19. The Balaban J connectivity index is 1.81. The number of piperazine rings is 1. The van der Waals surface area contributed by atoms with Crippen LogP contribution in [0.3, 0.4) is 0 Å². The number of hydrogen-bond donors (Lipinski definition) is 1. The molecule has 0 unspecified atom stereocenters. The Hall–Kier alpha value is -1.14. The average Bonchev–Trinajstić information content (AvgIpc) is 2.75. The van der Waals surface area contributed by atoms with Crippen LogP contribution in [0.1, 0.15) is 10.7 Å². The predicted molar refractivity (Wildman–Crippen MR) is 68.2 cm³/mol. The molecule has 17 heavy (non-hydrogen) atoms. The van der Waals surface area contributed by atoms with Crippen molar-refractivity contribution in [2.24, 2.45) is 0 Å². The molecule has 0 saturated carbocycles. The van der Waals surface area contributed by atoms with E-state index in [4.69, 9.17) is 0 Å². The second-order valence-electron chi connectivity index (χ2n) is 4.18. The van der Waals surface area contributed by atoms with Crippen LogP contribution in [0.2, 0.25) is 0 Å². The minimum atomic E-state index is 0.0224. The summed E-state index contributed by atoms with van der Waals surface area (Å²) in [6.07, 6.45) is 0. The first-order valence-electron chi connectivity index (χ1n) is 5.79. The van der Waals surface area contributed by atoms with Gasteiger partial charge in [-0.05, 0) is 6.92 Å². The maximum atomic E-state index is 11.4. The minimum Gasteiger partial charge on any atom is -0.341 e. The molecule has 2 amide bonds. The highest BCUT2D eigenvalue weighted by atomic mass is 32.1. The summed E-state index contributed by atoms with van der Waals surface area (Å²) in [6.45, 7) is 6.35. The molecular weight excluding hydrogens is 236 g/mol. The lowest BCUT2D eigenvalue weighted by Gasteiger charge is -2.33. The van der Waals surface area contributed by atoms with E-state index < -0.39 is 0 Å². The standard InChI is InChI=1S/C11H18N4OS/c1-9-13-10(8-17-9)7-14-3-5-15(6-4-14)11(16)12-2/h8H,3-7H2,1-2H3,(H,12,16). The number of thiazole rings is 1. The van der Waals surface area contributed by atoms with Crippen LogP contribution in [0.25, 0.3) is 0 Å². The van der Waals surface area contributed by atoms with E-state index in [9.17, 15) is 4.79 Å². The molecule has 0 bridgehead atoms. The second-order valence-corrected chi connectivity index (χ2v) is 5.24. The van der Waals surface area contributed by atoms with Crippen LogP contribution in [0.4, 0.5) is 4.79 Å². The smallest absolute Gasteiger partial charge is 0.317 e. The Bertz CT molecular complexity index is 385. The average molecular weight is 254 g/mol. The summed E-state index contributed by atoms with van der Waals surface area (Å²) in [6, 6.07) is 0.0224. The van der Waals surface area contributed by atoms with Crippen molar-refractivity contribution in [1.82, 2.24) is 20.1 Å². The third kappa shape index (κ3) is 3.17. The van der Waals surface area contributed by atoms with E-state index >= 15 is 0 Å². The van der Waals surface area contributed by atoms with E-state index in [2.05, 4.69) is 20.6 Å². The normalized spacial score (nSPS) is 17.2. The molecule has 94 valence electrons. The number of carbonyl (C=O) groups excluding carboxylic acids is 1. The lowest BCUT2D eigenvalue weighted by molar-refractivity contribution is 0.136. The quantitative estimate of drug-likeness (QED) is 0.853. The van der Waals surface area contributed by atoms with Gasteiger partial charge in [0.25, 0.3) is 0 Å². The van der Waals surface area contributed by atoms with Crippen LogP contribution in [0.15, 0.2) is 5.38 Å². The lowest BCUT2D eigenvalue weighted by Crippen LogP contribution is -2.50. The zero-order chi connectivity index (χ0) is 12.3. The van der Waals surface area contributed by atoms with Crippen LogP contribution >= 0.6 is 11.3 Å². The van der Waals surface area contributed by atoms with Gasteiger partial charge in [-0.2, -0.15) is 0 Å². The molecular formula is C11H18N4OS. The van der Waals surface area contributed by atoms with Gasteiger partial charge >= 0.3 is 6.03 Å². The molecule has 2 heterocycles. The summed E-state index contributed by atoms with van der Waals surface area (Å²) in [5, 5.41) is 5.89. The Morgan fingerprint density at radius 1 is 1.47 bits per heavy atom. The number of nitrogens with zero attached hydrogens (tertiary/aromatic N) is 3. The Labute approximate surface area is 105 Å². The molecule has 1 N–H and O–H groups in total. The molecule has 1 aromatic rings. The summed E-state index contributed by atoms with van der Waals surface area (Å²) in [7, 11) is 1.67. The second kappa shape index (κ2) is 5.46. The van der Waals surface area contributed by atoms with Crippen molar-refractivity contribution in [3.05, 3.63) is 16.1 Å². The maximum Gasteiger partial charge on any atom is 0.317 e. The van der Waals surface area contributed by atoms with E-state index in [1.54, 1.807) is 18.4 Å². The molecule has 2 rings (SSSR count). The highest BCUT2D eigenvalue weighted by Gasteiger charge is 2.20. The summed E-state index contributed by atoms with van der Waals surface area (Å²) in [5.41, 5.74) is 1.14. The number of amides is 2. The van der Waals surface area contributed by atoms with Crippen molar-refractivity contribution in [3.8, 4) is 0 Å². The molecule has 6 heteroatoms.